The third-order valence-electron chi connectivity index (χ3n) is 5.16. The van der Waals surface area contributed by atoms with Gasteiger partial charge < -0.3 is 24.6 Å². The number of ether oxygens (including phenoxy) is 3. The molecule has 2 N–H and O–H groups in total. The minimum absolute atomic E-state index is 0.153. The van der Waals surface area contributed by atoms with Gasteiger partial charge in [0.1, 0.15) is 11.6 Å². The van der Waals surface area contributed by atoms with Crippen LogP contribution in [0.3, 0.4) is 0 Å². The van der Waals surface area contributed by atoms with Gasteiger partial charge in [0.25, 0.3) is 0 Å². The highest BCUT2D eigenvalue weighted by atomic mass is 16.6. The Kier molecular flexibility index (Phi) is 8.38. The molecular formula is C21H28N2O8. The molecule has 170 valence electrons. The first-order valence-corrected chi connectivity index (χ1v) is 9.89. The van der Waals surface area contributed by atoms with E-state index in [0.717, 1.165) is 17.6 Å². The SMILES string of the molecule is COC(=O)[C@@H](NC(=O)C1(COCc2ccccc2)CCCN1C(=O)O)[C@@H](C)OC(C)=O. The summed E-state index contributed by atoms with van der Waals surface area (Å²) in [6.45, 7) is 2.75. The van der Waals surface area contributed by atoms with Crippen molar-refractivity contribution in [3.63, 3.8) is 0 Å². The van der Waals surface area contributed by atoms with Crippen molar-refractivity contribution in [2.75, 3.05) is 20.3 Å². The summed E-state index contributed by atoms with van der Waals surface area (Å²) in [6.07, 6.45) is -1.61. The quantitative estimate of drug-likeness (QED) is 0.554. The van der Waals surface area contributed by atoms with Crippen molar-refractivity contribution in [2.24, 2.45) is 0 Å². The summed E-state index contributed by atoms with van der Waals surface area (Å²) in [5.74, 6) is -2.17. The van der Waals surface area contributed by atoms with Crippen LogP contribution in [0, 0.1) is 0 Å². The van der Waals surface area contributed by atoms with Gasteiger partial charge in [-0.05, 0) is 25.3 Å². The first-order valence-electron chi connectivity index (χ1n) is 9.89. The normalized spacial score (nSPS) is 19.9. The highest BCUT2D eigenvalue weighted by Gasteiger charge is 2.51. The fourth-order valence-corrected chi connectivity index (χ4v) is 3.62. The fourth-order valence-electron chi connectivity index (χ4n) is 3.62. The maximum atomic E-state index is 13.3. The average molecular weight is 436 g/mol. The summed E-state index contributed by atoms with van der Waals surface area (Å²) in [5, 5.41) is 12.2. The second-order valence-corrected chi connectivity index (χ2v) is 7.34. The second-order valence-electron chi connectivity index (χ2n) is 7.34. The molecule has 1 aliphatic rings. The Morgan fingerprint density at radius 3 is 2.48 bits per heavy atom. The van der Waals surface area contributed by atoms with Gasteiger partial charge in [-0.25, -0.2) is 9.59 Å². The number of amides is 2. The first kappa shape index (κ1) is 24.1. The van der Waals surface area contributed by atoms with E-state index >= 15 is 0 Å². The Bertz CT molecular complexity index is 800. The van der Waals surface area contributed by atoms with Crippen LogP contribution >= 0.6 is 0 Å². The Balaban J connectivity index is 2.23. The van der Waals surface area contributed by atoms with E-state index in [1.807, 2.05) is 30.3 Å². The van der Waals surface area contributed by atoms with Crippen LogP contribution in [0.2, 0.25) is 0 Å². The van der Waals surface area contributed by atoms with Gasteiger partial charge in [-0.3, -0.25) is 14.5 Å². The number of methoxy groups -OCH3 is 1. The van der Waals surface area contributed by atoms with E-state index < -0.39 is 41.6 Å². The summed E-state index contributed by atoms with van der Waals surface area (Å²) in [4.78, 5) is 49.7. The average Bonchev–Trinajstić information content (AvgIpc) is 3.17. The largest absolute Gasteiger partial charge is 0.467 e. The summed E-state index contributed by atoms with van der Waals surface area (Å²) in [7, 11) is 1.14. The van der Waals surface area contributed by atoms with Gasteiger partial charge in [0.15, 0.2) is 6.04 Å². The van der Waals surface area contributed by atoms with E-state index in [2.05, 4.69) is 5.32 Å². The Hall–Kier alpha value is -3.14. The minimum Gasteiger partial charge on any atom is -0.467 e. The summed E-state index contributed by atoms with van der Waals surface area (Å²) < 4.78 is 15.5. The molecule has 0 saturated carbocycles. The maximum Gasteiger partial charge on any atom is 0.408 e. The van der Waals surface area contributed by atoms with E-state index in [1.54, 1.807) is 0 Å². The van der Waals surface area contributed by atoms with E-state index in [1.165, 1.54) is 13.8 Å². The van der Waals surface area contributed by atoms with Crippen LogP contribution in [0.1, 0.15) is 32.3 Å². The standard InChI is InChI=1S/C21H28N2O8/c1-14(31-15(2)24)17(18(25)29-3)22-19(26)21(10-7-11-23(21)20(27)28)13-30-12-16-8-5-4-6-9-16/h4-6,8-9,14,17H,7,10-13H2,1-3H3,(H,22,26)(H,27,28)/t14-,17+,21?/m1/s1. The van der Waals surface area contributed by atoms with Gasteiger partial charge in [-0.1, -0.05) is 30.3 Å². The predicted molar refractivity (Wildman–Crippen MR) is 108 cm³/mol. The monoisotopic (exact) mass is 436 g/mol. The first-order chi connectivity index (χ1) is 14.7. The van der Waals surface area contributed by atoms with Crippen molar-refractivity contribution < 1.29 is 38.5 Å². The number of hydrogen-bond acceptors (Lipinski definition) is 7. The van der Waals surface area contributed by atoms with Crippen LogP contribution in [0.5, 0.6) is 0 Å². The van der Waals surface area contributed by atoms with Gasteiger partial charge in [0.2, 0.25) is 5.91 Å². The van der Waals surface area contributed by atoms with E-state index in [4.69, 9.17) is 14.2 Å². The molecule has 2 amide bonds. The number of carbonyl (C=O) groups excluding carboxylic acids is 3. The van der Waals surface area contributed by atoms with Crippen molar-refractivity contribution in [3.8, 4) is 0 Å². The molecule has 1 aromatic rings. The van der Waals surface area contributed by atoms with Crippen LogP contribution in [0.25, 0.3) is 0 Å². The number of likely N-dealkylation sites (tertiary alicyclic amines) is 1. The van der Waals surface area contributed by atoms with Crippen LogP contribution in [0.15, 0.2) is 30.3 Å². The molecule has 0 bridgehead atoms. The molecule has 0 aromatic heterocycles. The molecule has 2 rings (SSSR count). The van der Waals surface area contributed by atoms with E-state index in [0.29, 0.717) is 6.42 Å². The molecule has 1 saturated heterocycles. The smallest absolute Gasteiger partial charge is 0.408 e. The van der Waals surface area contributed by atoms with Crippen LogP contribution < -0.4 is 5.32 Å². The number of rotatable bonds is 9. The molecule has 0 spiro atoms. The van der Waals surface area contributed by atoms with E-state index in [-0.39, 0.29) is 26.2 Å². The summed E-state index contributed by atoms with van der Waals surface area (Å²) in [6, 6.07) is 7.95. The van der Waals surface area contributed by atoms with Gasteiger partial charge in [-0.2, -0.15) is 0 Å². The number of esters is 2. The lowest BCUT2D eigenvalue weighted by Gasteiger charge is -2.36. The molecular weight excluding hydrogens is 408 g/mol. The second kappa shape index (κ2) is 10.8. The van der Waals surface area contributed by atoms with E-state index in [9.17, 15) is 24.3 Å². The number of nitrogens with one attached hydrogen (secondary N) is 1. The molecule has 0 radical (unpaired) electrons. The minimum atomic E-state index is -1.52. The Morgan fingerprint density at radius 1 is 1.23 bits per heavy atom. The third kappa shape index (κ3) is 5.94. The molecule has 1 aromatic carbocycles. The Labute approximate surface area is 180 Å². The van der Waals surface area contributed by atoms with Gasteiger partial charge in [-0.15, -0.1) is 0 Å². The highest BCUT2D eigenvalue weighted by Crippen LogP contribution is 2.31. The molecule has 3 atom stereocenters. The van der Waals surface area contributed by atoms with Gasteiger partial charge in [0, 0.05) is 13.5 Å². The Morgan fingerprint density at radius 2 is 1.90 bits per heavy atom. The molecule has 1 fully saturated rings. The number of benzene rings is 1. The number of carboxylic acid groups (broad SMARTS) is 1. The van der Waals surface area contributed by atoms with Gasteiger partial charge in [0.05, 0.1) is 20.3 Å². The molecule has 0 aliphatic carbocycles. The summed E-state index contributed by atoms with van der Waals surface area (Å²) >= 11 is 0. The highest BCUT2D eigenvalue weighted by molar-refractivity contribution is 5.93. The van der Waals surface area contributed by atoms with Crippen LogP contribution in [-0.4, -0.2) is 71.9 Å². The molecule has 1 aliphatic heterocycles. The topological polar surface area (TPSA) is 131 Å². The third-order valence-corrected chi connectivity index (χ3v) is 5.16. The van der Waals surface area contributed by atoms with Crippen LogP contribution in [0.4, 0.5) is 4.79 Å². The van der Waals surface area contributed by atoms with Crippen molar-refractivity contribution in [2.45, 2.75) is 51.0 Å². The number of nitrogens with zero attached hydrogens (tertiary/aromatic N) is 1. The lowest BCUT2D eigenvalue weighted by atomic mass is 9.95. The molecule has 10 heteroatoms. The zero-order chi connectivity index (χ0) is 23.0. The fraction of sp³-hybridized carbons (Fsp3) is 0.524. The molecule has 31 heavy (non-hydrogen) atoms. The zero-order valence-corrected chi connectivity index (χ0v) is 17.8. The van der Waals surface area contributed by atoms with Crippen LogP contribution in [-0.2, 0) is 35.2 Å². The van der Waals surface area contributed by atoms with Crippen molar-refractivity contribution in [1.29, 1.82) is 0 Å². The zero-order valence-electron chi connectivity index (χ0n) is 17.8. The maximum absolute atomic E-state index is 13.3. The molecule has 10 nitrogen and oxygen atoms in total. The lowest BCUT2D eigenvalue weighted by Crippen LogP contribution is -2.63. The van der Waals surface area contributed by atoms with Gasteiger partial charge >= 0.3 is 18.0 Å². The molecule has 1 heterocycles. The lowest BCUT2D eigenvalue weighted by molar-refractivity contribution is -0.157. The number of carbonyl (C=O) groups is 4. The predicted octanol–water partition coefficient (Wildman–Crippen LogP) is 1.33. The molecule has 1 unspecified atom stereocenters. The van der Waals surface area contributed by atoms with Crippen molar-refractivity contribution >= 4 is 23.9 Å². The van der Waals surface area contributed by atoms with Crippen molar-refractivity contribution in [1.82, 2.24) is 10.2 Å². The summed E-state index contributed by atoms with van der Waals surface area (Å²) in [5.41, 5.74) is -0.656. The van der Waals surface area contributed by atoms with Crippen molar-refractivity contribution in [3.05, 3.63) is 35.9 Å². The number of hydrogen-bond donors (Lipinski definition) is 2.